The molecule has 118 valence electrons. The quantitative estimate of drug-likeness (QED) is 0.637. The number of nitrogens with zero attached hydrogens (tertiary/aromatic N) is 2. The Hall–Kier alpha value is -1.91. The van der Waals surface area contributed by atoms with Crippen LogP contribution in [0.15, 0.2) is 35.3 Å². The zero-order valence-corrected chi connectivity index (χ0v) is 15.0. The first-order valence-corrected chi connectivity index (χ1v) is 8.48. The minimum Gasteiger partial charge on any atom is -0.319 e. The maximum Gasteiger partial charge on any atom is 0.279 e. The molecule has 0 aliphatic heterocycles. The first-order valence-electron chi connectivity index (χ1n) is 7.29. The van der Waals surface area contributed by atoms with Crippen LogP contribution in [0.5, 0.6) is 0 Å². The van der Waals surface area contributed by atoms with E-state index in [1.807, 2.05) is 62.7 Å². The highest BCUT2D eigenvalue weighted by Crippen LogP contribution is 2.25. The molecule has 0 spiro atoms. The van der Waals surface area contributed by atoms with E-state index in [1.54, 1.807) is 0 Å². The van der Waals surface area contributed by atoms with Crippen LogP contribution >= 0.6 is 22.9 Å². The molecule has 5 heteroatoms. The lowest BCUT2D eigenvalue weighted by Gasteiger charge is -2.02. The second-order valence-electron chi connectivity index (χ2n) is 5.75. The third-order valence-corrected chi connectivity index (χ3v) is 5.16. The minimum atomic E-state index is -0.214. The fraction of sp³-hybridized carbons (Fsp3) is 0.222. The van der Waals surface area contributed by atoms with Crippen molar-refractivity contribution >= 4 is 39.1 Å². The van der Waals surface area contributed by atoms with Crippen LogP contribution in [0.2, 0.25) is 5.02 Å². The van der Waals surface area contributed by atoms with Gasteiger partial charge in [0.1, 0.15) is 0 Å². The number of carbonyl (C=O) groups is 1. The molecule has 0 aliphatic carbocycles. The van der Waals surface area contributed by atoms with Crippen molar-refractivity contribution < 1.29 is 4.79 Å². The summed E-state index contributed by atoms with van der Waals surface area (Å²) < 4.78 is 2.98. The average molecular weight is 345 g/mol. The Kier molecular flexibility index (Phi) is 4.13. The average Bonchev–Trinajstić information content (AvgIpc) is 2.74. The Balaban J connectivity index is 2.16. The molecule has 1 amide bonds. The van der Waals surface area contributed by atoms with Gasteiger partial charge in [0, 0.05) is 17.6 Å². The number of hydrogen-bond donors (Lipinski definition) is 0. The van der Waals surface area contributed by atoms with Crippen molar-refractivity contribution in [1.29, 1.82) is 0 Å². The number of aromatic nitrogens is 1. The van der Waals surface area contributed by atoms with Gasteiger partial charge in [0.25, 0.3) is 5.91 Å². The van der Waals surface area contributed by atoms with E-state index in [-0.39, 0.29) is 5.91 Å². The van der Waals surface area contributed by atoms with Gasteiger partial charge in [-0.25, -0.2) is 0 Å². The maximum absolute atomic E-state index is 12.5. The second-order valence-corrected chi connectivity index (χ2v) is 7.19. The summed E-state index contributed by atoms with van der Waals surface area (Å²) in [6.07, 6.45) is 0. The maximum atomic E-state index is 12.5. The summed E-state index contributed by atoms with van der Waals surface area (Å²) in [5.41, 5.74) is 4.86. The van der Waals surface area contributed by atoms with Gasteiger partial charge in [0.2, 0.25) is 0 Å². The Bertz CT molecular complexity index is 998. The molecule has 3 rings (SSSR count). The fourth-order valence-electron chi connectivity index (χ4n) is 2.77. The van der Waals surface area contributed by atoms with E-state index in [1.165, 1.54) is 11.3 Å². The van der Waals surface area contributed by atoms with Gasteiger partial charge in [-0.1, -0.05) is 40.6 Å². The molecule has 0 bridgehead atoms. The van der Waals surface area contributed by atoms with Crippen molar-refractivity contribution in [1.82, 2.24) is 4.57 Å². The molecule has 3 nitrogen and oxygen atoms in total. The van der Waals surface area contributed by atoms with Crippen molar-refractivity contribution in [2.75, 3.05) is 0 Å². The number of hydrogen-bond acceptors (Lipinski definition) is 2. The highest BCUT2D eigenvalue weighted by atomic mass is 35.5. The van der Waals surface area contributed by atoms with Crippen LogP contribution in [0.3, 0.4) is 0 Å². The molecule has 2 aromatic carbocycles. The van der Waals surface area contributed by atoms with Crippen LogP contribution in [-0.4, -0.2) is 10.5 Å². The highest BCUT2D eigenvalue weighted by Gasteiger charge is 2.11. The zero-order valence-electron chi connectivity index (χ0n) is 13.5. The van der Waals surface area contributed by atoms with Crippen LogP contribution < -0.4 is 4.80 Å². The van der Waals surface area contributed by atoms with Crippen LogP contribution in [0, 0.1) is 20.8 Å². The Morgan fingerprint density at radius 1 is 1.13 bits per heavy atom. The van der Waals surface area contributed by atoms with Gasteiger partial charge in [-0.05, 0) is 50.1 Å². The molecular formula is C18H17ClN2OS. The normalized spacial score (nSPS) is 12.1. The summed E-state index contributed by atoms with van der Waals surface area (Å²) in [4.78, 5) is 17.5. The second kappa shape index (κ2) is 5.95. The monoisotopic (exact) mass is 344 g/mol. The van der Waals surface area contributed by atoms with E-state index in [0.29, 0.717) is 15.4 Å². The van der Waals surface area contributed by atoms with E-state index in [4.69, 9.17) is 11.6 Å². The molecule has 0 N–H and O–H groups in total. The zero-order chi connectivity index (χ0) is 16.7. The first kappa shape index (κ1) is 16.0. The van der Waals surface area contributed by atoms with Crippen molar-refractivity contribution in [2.24, 2.45) is 12.0 Å². The predicted molar refractivity (Wildman–Crippen MR) is 96.4 cm³/mol. The number of halogens is 1. The molecule has 0 aliphatic rings. The van der Waals surface area contributed by atoms with E-state index >= 15 is 0 Å². The Labute approximate surface area is 143 Å². The Morgan fingerprint density at radius 3 is 2.57 bits per heavy atom. The van der Waals surface area contributed by atoms with Gasteiger partial charge in [0.15, 0.2) is 4.80 Å². The fourth-order valence-corrected chi connectivity index (χ4v) is 4.24. The van der Waals surface area contributed by atoms with Crippen LogP contribution in [-0.2, 0) is 7.05 Å². The lowest BCUT2D eigenvalue weighted by atomic mass is 10.1. The third kappa shape index (κ3) is 2.96. The van der Waals surface area contributed by atoms with E-state index < -0.39 is 0 Å². The molecule has 3 aromatic rings. The molecule has 0 atom stereocenters. The van der Waals surface area contributed by atoms with E-state index in [9.17, 15) is 4.79 Å². The third-order valence-electron chi connectivity index (χ3n) is 3.86. The van der Waals surface area contributed by atoms with E-state index in [0.717, 1.165) is 26.9 Å². The lowest BCUT2D eigenvalue weighted by molar-refractivity contribution is 0.0997. The minimum absolute atomic E-state index is 0.214. The van der Waals surface area contributed by atoms with Crippen molar-refractivity contribution in [3.05, 3.63) is 62.4 Å². The van der Waals surface area contributed by atoms with Crippen molar-refractivity contribution in [3.63, 3.8) is 0 Å². The molecule has 0 saturated carbocycles. The molecule has 0 unspecified atom stereocenters. The molecular weight excluding hydrogens is 328 g/mol. The summed E-state index contributed by atoms with van der Waals surface area (Å²) in [5.74, 6) is -0.214. The van der Waals surface area contributed by atoms with Gasteiger partial charge in [0.05, 0.1) is 10.2 Å². The number of benzene rings is 2. The number of carbonyl (C=O) groups excluding carboxylic acids is 1. The number of rotatable bonds is 1. The number of fused-ring (bicyclic) bond motifs is 1. The van der Waals surface area contributed by atoms with Gasteiger partial charge in [-0.15, -0.1) is 0 Å². The summed E-state index contributed by atoms with van der Waals surface area (Å²) in [6.45, 7) is 5.96. The van der Waals surface area contributed by atoms with Gasteiger partial charge in [-0.2, -0.15) is 4.99 Å². The van der Waals surface area contributed by atoms with Crippen molar-refractivity contribution in [2.45, 2.75) is 20.8 Å². The first-order chi connectivity index (χ1) is 10.9. The lowest BCUT2D eigenvalue weighted by Crippen LogP contribution is -2.14. The Morgan fingerprint density at radius 2 is 1.87 bits per heavy atom. The highest BCUT2D eigenvalue weighted by molar-refractivity contribution is 7.16. The van der Waals surface area contributed by atoms with E-state index in [2.05, 4.69) is 4.99 Å². The summed E-state index contributed by atoms with van der Waals surface area (Å²) >= 11 is 7.60. The van der Waals surface area contributed by atoms with Gasteiger partial charge in [-0.3, -0.25) is 4.79 Å². The summed E-state index contributed by atoms with van der Waals surface area (Å²) in [6, 6.07) is 9.61. The van der Waals surface area contributed by atoms with Gasteiger partial charge >= 0.3 is 0 Å². The van der Waals surface area contributed by atoms with Crippen molar-refractivity contribution in [3.8, 4) is 0 Å². The molecule has 0 radical (unpaired) electrons. The van der Waals surface area contributed by atoms with Gasteiger partial charge < -0.3 is 4.57 Å². The topological polar surface area (TPSA) is 34.4 Å². The molecule has 1 heterocycles. The van der Waals surface area contributed by atoms with Crippen LogP contribution in [0.1, 0.15) is 27.0 Å². The molecule has 23 heavy (non-hydrogen) atoms. The number of thiazole rings is 1. The number of amides is 1. The molecule has 0 saturated heterocycles. The predicted octanol–water partition coefficient (Wildman–Crippen LogP) is 4.56. The summed E-state index contributed by atoms with van der Waals surface area (Å²) in [5, 5.41) is 0.698. The largest absolute Gasteiger partial charge is 0.319 e. The number of aryl methyl sites for hydroxylation is 4. The van der Waals surface area contributed by atoms with Crippen LogP contribution in [0.4, 0.5) is 0 Å². The summed E-state index contributed by atoms with van der Waals surface area (Å²) in [7, 11) is 1.92. The van der Waals surface area contributed by atoms with Crippen LogP contribution in [0.25, 0.3) is 10.2 Å². The smallest absolute Gasteiger partial charge is 0.279 e. The molecule has 1 aromatic heterocycles. The molecule has 0 fully saturated rings. The SMILES string of the molecule is Cc1ccc(C(=O)N=c2sc3cc(Cl)cc(C)c3n2C)c(C)c1. The standard InChI is InChI=1S/C18H17ClN2OS/c1-10-5-6-14(11(2)7-10)17(22)20-18-21(4)16-12(3)8-13(19)9-15(16)23-18/h5-9H,1-4H3.